The molecule has 3 unspecified atom stereocenters. The van der Waals surface area contributed by atoms with E-state index in [2.05, 4.69) is 26.5 Å². The average molecular weight is 427 g/mol. The van der Waals surface area contributed by atoms with Crippen LogP contribution in [-0.4, -0.2) is 72.2 Å². The first-order valence-corrected chi connectivity index (χ1v) is 11.1. The first kappa shape index (κ1) is 20.3. The van der Waals surface area contributed by atoms with Crippen molar-refractivity contribution in [3.8, 4) is 0 Å². The minimum Gasteiger partial charge on any atom is -0.369 e. The Labute approximate surface area is 181 Å². The number of hydrogen-bond donors (Lipinski definition) is 2. The smallest absolute Gasteiger partial charge is 0.329 e. The standard InChI is InChI=1S/C22H30N6O3/c1-23-8-9-26-10-14-12-27(13-15(14)11-26)16-4-3-5-17-20(16)25(2)22(31)28(17)18-6-7-19(29)24-21(18)30/h3-5,14-15,18,23H,6-13H2,1-2H3,(H,24,29,30). The van der Waals surface area contributed by atoms with Crippen LogP contribution < -0.4 is 21.2 Å². The van der Waals surface area contributed by atoms with Gasteiger partial charge in [0.2, 0.25) is 11.8 Å². The maximum atomic E-state index is 13.2. The highest BCUT2D eigenvalue weighted by Crippen LogP contribution is 2.37. The molecular weight excluding hydrogens is 396 g/mol. The molecule has 0 spiro atoms. The van der Waals surface area contributed by atoms with Gasteiger partial charge >= 0.3 is 5.69 Å². The number of carbonyl (C=O) groups excluding carboxylic acids is 2. The Kier molecular flexibility index (Phi) is 5.10. The van der Waals surface area contributed by atoms with Crippen molar-refractivity contribution in [3.05, 3.63) is 28.7 Å². The minimum absolute atomic E-state index is 0.213. The number of anilines is 1. The van der Waals surface area contributed by atoms with E-state index >= 15 is 0 Å². The second-order valence-electron chi connectivity index (χ2n) is 9.11. The van der Waals surface area contributed by atoms with E-state index in [1.54, 1.807) is 16.2 Å². The fourth-order valence-electron chi connectivity index (χ4n) is 5.64. The summed E-state index contributed by atoms with van der Waals surface area (Å²) in [6.07, 6.45) is 0.600. The van der Waals surface area contributed by atoms with Gasteiger partial charge in [-0.3, -0.25) is 24.0 Å². The Morgan fingerprint density at radius 1 is 1.10 bits per heavy atom. The zero-order chi connectivity index (χ0) is 21.7. The Hall–Kier alpha value is -2.65. The predicted octanol–water partition coefficient (Wildman–Crippen LogP) is -0.0949. The van der Waals surface area contributed by atoms with Crippen molar-refractivity contribution in [1.82, 2.24) is 24.7 Å². The van der Waals surface area contributed by atoms with Crippen LogP contribution in [0.25, 0.3) is 11.0 Å². The largest absolute Gasteiger partial charge is 0.369 e. The number of nitrogens with zero attached hydrogens (tertiary/aromatic N) is 4. The van der Waals surface area contributed by atoms with Crippen molar-refractivity contribution in [2.75, 3.05) is 51.2 Å². The topological polar surface area (TPSA) is 91.6 Å². The van der Waals surface area contributed by atoms with Gasteiger partial charge in [-0.25, -0.2) is 4.79 Å². The highest BCUT2D eigenvalue weighted by Gasteiger charge is 2.40. The molecule has 5 rings (SSSR count). The Bertz CT molecular complexity index is 1070. The van der Waals surface area contributed by atoms with E-state index in [0.717, 1.165) is 56.0 Å². The molecule has 9 nitrogen and oxygen atoms in total. The van der Waals surface area contributed by atoms with Crippen LogP contribution in [0.2, 0.25) is 0 Å². The van der Waals surface area contributed by atoms with Gasteiger partial charge in [0.1, 0.15) is 6.04 Å². The van der Waals surface area contributed by atoms with E-state index in [4.69, 9.17) is 0 Å². The predicted molar refractivity (Wildman–Crippen MR) is 118 cm³/mol. The summed E-state index contributed by atoms with van der Waals surface area (Å²) < 4.78 is 3.22. The first-order valence-electron chi connectivity index (χ1n) is 11.1. The molecule has 2 N–H and O–H groups in total. The van der Waals surface area contributed by atoms with Gasteiger partial charge in [-0.2, -0.15) is 0 Å². The van der Waals surface area contributed by atoms with Gasteiger partial charge < -0.3 is 15.1 Å². The highest BCUT2D eigenvalue weighted by atomic mass is 16.2. The van der Waals surface area contributed by atoms with Gasteiger partial charge in [-0.05, 0) is 37.4 Å². The summed E-state index contributed by atoms with van der Waals surface area (Å²) in [7, 11) is 3.76. The van der Waals surface area contributed by atoms with Crippen LogP contribution in [0, 0.1) is 11.8 Å². The number of hydrogen-bond acceptors (Lipinski definition) is 6. The second-order valence-corrected chi connectivity index (χ2v) is 9.11. The number of para-hydroxylation sites is 1. The molecule has 3 aliphatic rings. The van der Waals surface area contributed by atoms with Crippen molar-refractivity contribution in [1.29, 1.82) is 0 Å². The summed E-state index contributed by atoms with van der Waals surface area (Å²) in [5.41, 5.74) is 2.46. The number of piperidine rings is 1. The number of aryl methyl sites for hydroxylation is 1. The molecule has 0 radical (unpaired) electrons. The summed E-state index contributed by atoms with van der Waals surface area (Å²) in [4.78, 5) is 42.1. The Morgan fingerprint density at radius 2 is 1.84 bits per heavy atom. The lowest BCUT2D eigenvalue weighted by Gasteiger charge is -2.24. The molecule has 4 heterocycles. The number of rotatable bonds is 5. The number of likely N-dealkylation sites (N-methyl/N-ethyl adjacent to an activating group) is 1. The molecule has 1 aromatic heterocycles. The van der Waals surface area contributed by atoms with E-state index < -0.39 is 11.9 Å². The normalized spacial score (nSPS) is 26.6. The molecular formula is C22H30N6O3. The van der Waals surface area contributed by atoms with Gasteiger partial charge in [-0.15, -0.1) is 0 Å². The quantitative estimate of drug-likeness (QED) is 0.649. The van der Waals surface area contributed by atoms with Crippen LogP contribution in [0.3, 0.4) is 0 Å². The molecule has 166 valence electrons. The zero-order valence-corrected chi connectivity index (χ0v) is 18.1. The van der Waals surface area contributed by atoms with Crippen molar-refractivity contribution in [2.45, 2.75) is 18.9 Å². The molecule has 3 saturated heterocycles. The van der Waals surface area contributed by atoms with Gasteiger partial charge in [-0.1, -0.05) is 6.07 Å². The minimum atomic E-state index is -0.650. The lowest BCUT2D eigenvalue weighted by Crippen LogP contribution is -2.44. The number of likely N-dealkylation sites (tertiary alicyclic amines) is 1. The maximum Gasteiger partial charge on any atom is 0.329 e. The van der Waals surface area contributed by atoms with Crippen molar-refractivity contribution in [3.63, 3.8) is 0 Å². The fourth-order valence-corrected chi connectivity index (χ4v) is 5.64. The van der Waals surface area contributed by atoms with E-state index in [0.29, 0.717) is 18.3 Å². The molecule has 3 fully saturated rings. The average Bonchev–Trinajstić information content (AvgIpc) is 3.38. The van der Waals surface area contributed by atoms with Crippen LogP contribution in [0.1, 0.15) is 18.9 Å². The Balaban J connectivity index is 1.45. The van der Waals surface area contributed by atoms with E-state index in [9.17, 15) is 14.4 Å². The highest BCUT2D eigenvalue weighted by molar-refractivity contribution is 6.00. The van der Waals surface area contributed by atoms with Crippen molar-refractivity contribution < 1.29 is 9.59 Å². The van der Waals surface area contributed by atoms with Crippen LogP contribution in [-0.2, 0) is 16.6 Å². The number of imide groups is 1. The summed E-state index contributed by atoms with van der Waals surface area (Å²) in [5, 5.41) is 5.61. The van der Waals surface area contributed by atoms with Crippen LogP contribution in [0.5, 0.6) is 0 Å². The van der Waals surface area contributed by atoms with Gasteiger partial charge in [0.15, 0.2) is 0 Å². The lowest BCUT2D eigenvalue weighted by atomic mass is 10.0. The zero-order valence-electron chi connectivity index (χ0n) is 18.1. The summed E-state index contributed by atoms with van der Waals surface area (Å²) >= 11 is 0. The van der Waals surface area contributed by atoms with Gasteiger partial charge in [0, 0.05) is 52.7 Å². The molecule has 1 aromatic carbocycles. The third kappa shape index (κ3) is 3.36. The third-order valence-corrected chi connectivity index (χ3v) is 7.18. The van der Waals surface area contributed by atoms with Crippen molar-refractivity contribution in [2.24, 2.45) is 18.9 Å². The summed E-state index contributed by atoms with van der Waals surface area (Å²) in [6, 6.07) is 5.30. The Morgan fingerprint density at radius 3 is 2.52 bits per heavy atom. The monoisotopic (exact) mass is 426 g/mol. The van der Waals surface area contributed by atoms with Crippen LogP contribution in [0.4, 0.5) is 5.69 Å². The number of fused-ring (bicyclic) bond motifs is 2. The number of amides is 2. The molecule has 31 heavy (non-hydrogen) atoms. The van der Waals surface area contributed by atoms with Gasteiger partial charge in [0.05, 0.1) is 16.7 Å². The number of benzene rings is 1. The SMILES string of the molecule is CNCCN1CC2CN(c3cccc4c3n(C)c(=O)n4C3CCC(=O)NC3=O)CC2C1. The molecule has 2 amide bonds. The second kappa shape index (κ2) is 7.80. The van der Waals surface area contributed by atoms with E-state index in [-0.39, 0.29) is 18.0 Å². The van der Waals surface area contributed by atoms with Gasteiger partial charge in [0.25, 0.3) is 0 Å². The number of imidazole rings is 1. The maximum absolute atomic E-state index is 13.2. The number of carbonyl (C=O) groups is 2. The molecule has 0 saturated carbocycles. The first-order chi connectivity index (χ1) is 15.0. The van der Waals surface area contributed by atoms with Crippen molar-refractivity contribution >= 4 is 28.5 Å². The van der Waals surface area contributed by atoms with E-state index in [1.165, 1.54) is 0 Å². The molecule has 0 aliphatic carbocycles. The molecule has 3 atom stereocenters. The summed E-state index contributed by atoms with van der Waals surface area (Å²) in [5.74, 6) is 0.610. The molecule has 0 bridgehead atoms. The van der Waals surface area contributed by atoms with Crippen LogP contribution >= 0.6 is 0 Å². The fraction of sp³-hybridized carbons (Fsp3) is 0.591. The number of nitrogens with one attached hydrogen (secondary N) is 2. The van der Waals surface area contributed by atoms with Crippen LogP contribution in [0.15, 0.2) is 23.0 Å². The molecule has 9 heteroatoms. The van der Waals surface area contributed by atoms with E-state index in [1.807, 2.05) is 19.2 Å². The molecule has 2 aromatic rings. The number of aromatic nitrogens is 2. The summed E-state index contributed by atoms with van der Waals surface area (Å²) in [6.45, 7) is 6.31. The lowest BCUT2D eigenvalue weighted by molar-refractivity contribution is -0.135. The third-order valence-electron chi connectivity index (χ3n) is 7.18. The molecule has 3 aliphatic heterocycles.